The van der Waals surface area contributed by atoms with E-state index in [1.165, 1.54) is 0 Å². The van der Waals surface area contributed by atoms with Crippen LogP contribution in [0.15, 0.2) is 23.7 Å². The summed E-state index contributed by atoms with van der Waals surface area (Å²) >= 11 is 0. The highest BCUT2D eigenvalue weighted by Gasteiger charge is 1.99. The third-order valence-electron chi connectivity index (χ3n) is 1.04. The van der Waals surface area contributed by atoms with Crippen LogP contribution < -0.4 is 0 Å². The van der Waals surface area contributed by atoms with Gasteiger partial charge >= 0.3 is 0 Å². The van der Waals surface area contributed by atoms with Gasteiger partial charge in [-0.25, -0.2) is 0 Å². The fraction of sp³-hybridized carbons (Fsp3) is 0.143. The van der Waals surface area contributed by atoms with E-state index in [9.17, 15) is 9.59 Å². The van der Waals surface area contributed by atoms with Crippen molar-refractivity contribution in [2.24, 2.45) is 0 Å². The molecule has 0 aliphatic rings. The molecule has 0 aliphatic carbocycles. The Morgan fingerprint density at radius 3 is 1.55 bits per heavy atom. The summed E-state index contributed by atoms with van der Waals surface area (Å²) in [4.78, 5) is 20.1. The Morgan fingerprint density at radius 1 is 1.00 bits per heavy atom. The van der Waals surface area contributed by atoms with E-state index in [-0.39, 0.29) is 17.6 Å². The van der Waals surface area contributed by atoms with E-state index in [0.29, 0.717) is 25.1 Å². The first-order valence-corrected chi connectivity index (χ1v) is 2.85. The van der Waals surface area contributed by atoms with E-state index >= 15 is 0 Å². The standard InChI is InChI=1S/C7H8O4/c8-2-6(3-9)1-7(4-10)5-11/h2-5,8,10H,1H2/b6-2-,7-4-. The van der Waals surface area contributed by atoms with Crippen molar-refractivity contribution in [1.82, 2.24) is 0 Å². The van der Waals surface area contributed by atoms with Gasteiger partial charge in [0.05, 0.1) is 12.5 Å². The number of aliphatic hydroxyl groups is 2. The van der Waals surface area contributed by atoms with Gasteiger partial charge in [0.2, 0.25) is 0 Å². The Bertz CT molecular complexity index is 180. The van der Waals surface area contributed by atoms with Crippen molar-refractivity contribution in [3.8, 4) is 0 Å². The first-order valence-electron chi connectivity index (χ1n) is 2.85. The average Bonchev–Trinajstić information content (AvgIpc) is 2.07. The molecule has 0 fully saturated rings. The first-order chi connectivity index (χ1) is 5.28. The smallest absolute Gasteiger partial charge is 0.149 e. The topological polar surface area (TPSA) is 74.6 Å². The quantitative estimate of drug-likeness (QED) is 0.356. The number of rotatable bonds is 4. The minimum atomic E-state index is -0.0556. The Balaban J connectivity index is 4.22. The van der Waals surface area contributed by atoms with Crippen molar-refractivity contribution in [3.63, 3.8) is 0 Å². The summed E-state index contributed by atoms with van der Waals surface area (Å²) in [6.07, 6.45) is 1.96. The molecule has 0 bridgehead atoms. The minimum Gasteiger partial charge on any atom is -0.515 e. The molecule has 4 heteroatoms. The molecular formula is C7H8O4. The zero-order valence-electron chi connectivity index (χ0n) is 5.73. The van der Waals surface area contributed by atoms with Crippen LogP contribution in [0.3, 0.4) is 0 Å². The molecule has 0 heterocycles. The van der Waals surface area contributed by atoms with Crippen LogP contribution in [-0.2, 0) is 9.59 Å². The summed E-state index contributed by atoms with van der Waals surface area (Å²) in [6, 6.07) is 0. The van der Waals surface area contributed by atoms with Crippen LogP contribution in [0.2, 0.25) is 0 Å². The number of aldehydes is 2. The number of carbonyl (C=O) groups is 2. The van der Waals surface area contributed by atoms with Gasteiger partial charge in [0.25, 0.3) is 0 Å². The lowest BCUT2D eigenvalue weighted by atomic mass is 10.1. The summed E-state index contributed by atoms with van der Waals surface area (Å²) in [5, 5.41) is 16.7. The predicted octanol–water partition coefficient (Wildman–Crippen LogP) is 0.658. The van der Waals surface area contributed by atoms with Crippen LogP contribution in [0.4, 0.5) is 0 Å². The van der Waals surface area contributed by atoms with E-state index in [2.05, 4.69) is 0 Å². The van der Waals surface area contributed by atoms with Gasteiger partial charge in [0, 0.05) is 17.6 Å². The lowest BCUT2D eigenvalue weighted by Gasteiger charge is -1.94. The van der Waals surface area contributed by atoms with Gasteiger partial charge in [0.15, 0.2) is 0 Å². The fourth-order valence-electron chi connectivity index (χ4n) is 0.471. The van der Waals surface area contributed by atoms with Gasteiger partial charge in [-0.2, -0.15) is 0 Å². The monoisotopic (exact) mass is 156 g/mol. The van der Waals surface area contributed by atoms with Crippen molar-refractivity contribution in [2.45, 2.75) is 6.42 Å². The van der Waals surface area contributed by atoms with Crippen molar-refractivity contribution < 1.29 is 19.8 Å². The van der Waals surface area contributed by atoms with Crippen molar-refractivity contribution in [1.29, 1.82) is 0 Å². The third kappa shape index (κ3) is 3.20. The highest BCUT2D eigenvalue weighted by atomic mass is 16.2. The number of carbonyl (C=O) groups excluding carboxylic acids is 2. The third-order valence-corrected chi connectivity index (χ3v) is 1.04. The molecule has 0 aliphatic heterocycles. The summed E-state index contributed by atoms with van der Waals surface area (Å²) in [7, 11) is 0. The average molecular weight is 156 g/mol. The second kappa shape index (κ2) is 5.22. The highest BCUT2D eigenvalue weighted by molar-refractivity contribution is 5.80. The van der Waals surface area contributed by atoms with Gasteiger partial charge in [-0.3, -0.25) is 9.59 Å². The normalized spacial score (nSPS) is 12.7. The fourth-order valence-corrected chi connectivity index (χ4v) is 0.471. The Hall–Kier alpha value is -1.58. The molecule has 0 amide bonds. The van der Waals surface area contributed by atoms with E-state index in [4.69, 9.17) is 10.2 Å². The molecule has 0 unspecified atom stereocenters. The zero-order valence-corrected chi connectivity index (χ0v) is 5.73. The molecule has 0 saturated heterocycles. The maximum Gasteiger partial charge on any atom is 0.149 e. The SMILES string of the molecule is O=C/C(=C\O)C/C(C=O)=C/O. The summed E-state index contributed by atoms with van der Waals surface area (Å²) in [6.45, 7) is 0. The number of hydrogen-bond acceptors (Lipinski definition) is 4. The van der Waals surface area contributed by atoms with Gasteiger partial charge in [-0.1, -0.05) is 0 Å². The maximum atomic E-state index is 10.1. The van der Waals surface area contributed by atoms with E-state index in [1.54, 1.807) is 0 Å². The van der Waals surface area contributed by atoms with Crippen LogP contribution in [0.25, 0.3) is 0 Å². The molecular weight excluding hydrogens is 148 g/mol. The molecule has 2 N–H and O–H groups in total. The molecule has 0 spiro atoms. The minimum absolute atomic E-state index is 0.0393. The van der Waals surface area contributed by atoms with E-state index in [1.807, 2.05) is 0 Å². The summed E-state index contributed by atoms with van der Waals surface area (Å²) in [5.41, 5.74) is 0.0785. The Labute approximate surface area is 63.5 Å². The van der Waals surface area contributed by atoms with Crippen LogP contribution in [-0.4, -0.2) is 22.8 Å². The molecule has 4 nitrogen and oxygen atoms in total. The van der Waals surface area contributed by atoms with Crippen molar-refractivity contribution in [2.75, 3.05) is 0 Å². The molecule has 11 heavy (non-hydrogen) atoms. The van der Waals surface area contributed by atoms with Crippen LogP contribution in [0.5, 0.6) is 0 Å². The molecule has 0 saturated carbocycles. The van der Waals surface area contributed by atoms with E-state index < -0.39 is 0 Å². The number of aliphatic hydroxyl groups excluding tert-OH is 2. The summed E-state index contributed by atoms with van der Waals surface area (Å²) < 4.78 is 0. The van der Waals surface area contributed by atoms with Crippen molar-refractivity contribution >= 4 is 12.6 Å². The van der Waals surface area contributed by atoms with E-state index in [0.717, 1.165) is 0 Å². The van der Waals surface area contributed by atoms with Crippen molar-refractivity contribution in [3.05, 3.63) is 23.7 Å². The largest absolute Gasteiger partial charge is 0.515 e. The van der Waals surface area contributed by atoms with Gasteiger partial charge in [-0.15, -0.1) is 0 Å². The van der Waals surface area contributed by atoms with Gasteiger partial charge < -0.3 is 10.2 Å². The Kier molecular flexibility index (Phi) is 4.47. The lowest BCUT2D eigenvalue weighted by molar-refractivity contribution is -0.105. The maximum absolute atomic E-state index is 10.1. The molecule has 0 aromatic heterocycles. The van der Waals surface area contributed by atoms with Gasteiger partial charge in [0.1, 0.15) is 12.6 Å². The predicted molar refractivity (Wildman–Crippen MR) is 38.2 cm³/mol. The first kappa shape index (κ1) is 9.42. The van der Waals surface area contributed by atoms with Crippen LogP contribution in [0, 0.1) is 0 Å². The molecule has 60 valence electrons. The molecule has 0 aromatic carbocycles. The second-order valence-corrected chi connectivity index (χ2v) is 1.82. The van der Waals surface area contributed by atoms with Gasteiger partial charge in [-0.05, 0) is 0 Å². The molecule has 0 rings (SSSR count). The lowest BCUT2D eigenvalue weighted by Crippen LogP contribution is -1.91. The molecule has 0 radical (unpaired) electrons. The summed E-state index contributed by atoms with van der Waals surface area (Å²) in [5.74, 6) is 0. The number of hydrogen-bond donors (Lipinski definition) is 2. The molecule has 0 aromatic rings. The van der Waals surface area contributed by atoms with Crippen LogP contribution in [0.1, 0.15) is 6.42 Å². The molecule has 0 atom stereocenters. The second-order valence-electron chi connectivity index (χ2n) is 1.82. The number of allylic oxidation sites excluding steroid dienone is 2. The zero-order chi connectivity index (χ0) is 8.69. The van der Waals surface area contributed by atoms with Crippen LogP contribution >= 0.6 is 0 Å². The Morgan fingerprint density at radius 2 is 1.36 bits per heavy atom. The highest BCUT2D eigenvalue weighted by Crippen LogP contribution is 2.04.